The molecule has 1 fully saturated rings. The Bertz CT molecular complexity index is 795. The summed E-state index contributed by atoms with van der Waals surface area (Å²) in [6.45, 7) is 10.5. The van der Waals surface area contributed by atoms with Gasteiger partial charge in [0.1, 0.15) is 11.5 Å². The first-order valence-corrected chi connectivity index (χ1v) is 9.70. The van der Waals surface area contributed by atoms with Crippen LogP contribution in [0.5, 0.6) is 0 Å². The monoisotopic (exact) mass is 375 g/mol. The number of carbonyl (C=O) groups is 1. The normalized spacial score (nSPS) is 19.3. The first-order chi connectivity index (χ1) is 12.0. The van der Waals surface area contributed by atoms with Gasteiger partial charge in [-0.05, 0) is 65.2 Å². The molecule has 1 aromatic carbocycles. The molecule has 1 aromatic heterocycles. The molecule has 1 aliphatic rings. The number of thiazole rings is 1. The summed E-state index contributed by atoms with van der Waals surface area (Å²) in [5, 5.41) is 7.61. The highest BCUT2D eigenvalue weighted by Crippen LogP contribution is 2.32. The van der Waals surface area contributed by atoms with Crippen molar-refractivity contribution in [1.82, 2.24) is 15.6 Å². The summed E-state index contributed by atoms with van der Waals surface area (Å²) >= 11 is 1.46. The third-order valence-corrected chi connectivity index (χ3v) is 5.60. The second-order valence-corrected chi connectivity index (χ2v) is 9.59. The molecule has 0 radical (unpaired) electrons. The minimum absolute atomic E-state index is 0.0442. The van der Waals surface area contributed by atoms with Gasteiger partial charge in [-0.25, -0.2) is 9.37 Å². The van der Waals surface area contributed by atoms with Crippen LogP contribution in [-0.2, 0) is 0 Å². The average Bonchev–Trinajstić information content (AvgIpc) is 2.86. The molecule has 0 aliphatic carbocycles. The third kappa shape index (κ3) is 4.30. The average molecular weight is 376 g/mol. The molecule has 0 spiro atoms. The molecule has 1 saturated heterocycles. The molecule has 1 aliphatic heterocycles. The van der Waals surface area contributed by atoms with E-state index in [1.54, 1.807) is 12.1 Å². The SMILES string of the molecule is Cc1nc(C(=O)NC2CC(C)(C)NC(C)(C)C2)c(-c2ccc(F)cc2)s1. The van der Waals surface area contributed by atoms with Crippen LogP contribution >= 0.6 is 11.3 Å². The fourth-order valence-electron chi connectivity index (χ4n) is 4.06. The van der Waals surface area contributed by atoms with E-state index in [9.17, 15) is 9.18 Å². The third-order valence-electron chi connectivity index (χ3n) is 4.58. The van der Waals surface area contributed by atoms with Gasteiger partial charge in [0.25, 0.3) is 5.91 Å². The molecule has 3 rings (SSSR count). The van der Waals surface area contributed by atoms with E-state index in [4.69, 9.17) is 0 Å². The summed E-state index contributed by atoms with van der Waals surface area (Å²) in [4.78, 5) is 18.2. The van der Waals surface area contributed by atoms with Crippen LogP contribution in [0.3, 0.4) is 0 Å². The number of nitrogens with one attached hydrogen (secondary N) is 2. The van der Waals surface area contributed by atoms with Crippen LogP contribution < -0.4 is 10.6 Å². The van der Waals surface area contributed by atoms with Crippen LogP contribution in [0.1, 0.15) is 56.0 Å². The molecule has 4 nitrogen and oxygen atoms in total. The van der Waals surface area contributed by atoms with Crippen LogP contribution in [0, 0.1) is 12.7 Å². The lowest BCUT2D eigenvalue weighted by Crippen LogP contribution is -2.62. The van der Waals surface area contributed by atoms with Gasteiger partial charge in [-0.1, -0.05) is 12.1 Å². The first kappa shape index (κ1) is 19.0. The van der Waals surface area contributed by atoms with Gasteiger partial charge < -0.3 is 10.6 Å². The number of amides is 1. The van der Waals surface area contributed by atoms with Crippen molar-refractivity contribution in [3.05, 3.63) is 40.8 Å². The Morgan fingerprint density at radius 3 is 2.35 bits per heavy atom. The minimum atomic E-state index is -0.292. The fraction of sp³-hybridized carbons (Fsp3) is 0.500. The molecule has 0 unspecified atom stereocenters. The topological polar surface area (TPSA) is 54.0 Å². The standard InChI is InChI=1S/C20H26FN3OS/c1-12-22-16(17(26-12)13-6-8-14(21)9-7-13)18(25)23-15-10-19(2,3)24-20(4,5)11-15/h6-9,15,24H,10-11H2,1-5H3,(H,23,25). The fourth-order valence-corrected chi connectivity index (χ4v) is 4.98. The molecule has 140 valence electrons. The van der Waals surface area contributed by atoms with Crippen molar-refractivity contribution in [2.45, 2.75) is 64.6 Å². The van der Waals surface area contributed by atoms with Crippen LogP contribution in [0.4, 0.5) is 4.39 Å². The van der Waals surface area contributed by atoms with Crippen molar-refractivity contribution in [3.63, 3.8) is 0 Å². The number of halogens is 1. The van der Waals surface area contributed by atoms with E-state index < -0.39 is 0 Å². The second-order valence-electron chi connectivity index (χ2n) is 8.39. The zero-order valence-corrected chi connectivity index (χ0v) is 16.8. The smallest absolute Gasteiger partial charge is 0.271 e. The van der Waals surface area contributed by atoms with Gasteiger partial charge >= 0.3 is 0 Å². The summed E-state index contributed by atoms with van der Waals surface area (Å²) < 4.78 is 13.2. The molecule has 6 heteroatoms. The lowest BCUT2D eigenvalue weighted by molar-refractivity contribution is 0.0869. The molecular weight excluding hydrogens is 349 g/mol. The van der Waals surface area contributed by atoms with E-state index >= 15 is 0 Å². The number of nitrogens with zero attached hydrogens (tertiary/aromatic N) is 1. The maximum Gasteiger partial charge on any atom is 0.271 e. The van der Waals surface area contributed by atoms with E-state index in [0.29, 0.717) is 5.69 Å². The molecule has 1 amide bonds. The number of hydrogen-bond acceptors (Lipinski definition) is 4. The maximum absolute atomic E-state index is 13.2. The summed E-state index contributed by atoms with van der Waals surface area (Å²) in [7, 11) is 0. The van der Waals surface area contributed by atoms with E-state index in [2.05, 4.69) is 43.3 Å². The van der Waals surface area contributed by atoms with Crippen molar-refractivity contribution >= 4 is 17.2 Å². The van der Waals surface area contributed by atoms with Gasteiger partial charge in [0.2, 0.25) is 0 Å². The quantitative estimate of drug-likeness (QED) is 0.841. The number of aromatic nitrogens is 1. The molecule has 0 bridgehead atoms. The Kier molecular flexibility index (Phi) is 4.92. The number of rotatable bonds is 3. The van der Waals surface area contributed by atoms with Crippen LogP contribution in [0.15, 0.2) is 24.3 Å². The lowest BCUT2D eigenvalue weighted by Gasteiger charge is -2.46. The van der Waals surface area contributed by atoms with Gasteiger partial charge in [0.05, 0.1) is 9.88 Å². The number of aryl methyl sites for hydroxylation is 1. The van der Waals surface area contributed by atoms with Crippen molar-refractivity contribution in [2.75, 3.05) is 0 Å². The molecule has 2 heterocycles. The van der Waals surface area contributed by atoms with Gasteiger partial charge in [-0.2, -0.15) is 0 Å². The van der Waals surface area contributed by atoms with Gasteiger partial charge in [-0.15, -0.1) is 11.3 Å². The highest BCUT2D eigenvalue weighted by atomic mass is 32.1. The van der Waals surface area contributed by atoms with Gasteiger partial charge in [0, 0.05) is 17.1 Å². The number of benzene rings is 1. The van der Waals surface area contributed by atoms with Crippen LogP contribution in [0.2, 0.25) is 0 Å². The van der Waals surface area contributed by atoms with E-state index in [0.717, 1.165) is 28.3 Å². The Balaban J connectivity index is 1.83. The predicted molar refractivity (Wildman–Crippen MR) is 104 cm³/mol. The Morgan fingerprint density at radius 2 is 1.77 bits per heavy atom. The molecule has 26 heavy (non-hydrogen) atoms. The second kappa shape index (κ2) is 6.74. The summed E-state index contributed by atoms with van der Waals surface area (Å²) in [5.74, 6) is -0.452. The Morgan fingerprint density at radius 1 is 1.19 bits per heavy atom. The van der Waals surface area contributed by atoms with Crippen LogP contribution in [-0.4, -0.2) is 28.0 Å². The van der Waals surface area contributed by atoms with E-state index in [-0.39, 0.29) is 28.8 Å². The minimum Gasteiger partial charge on any atom is -0.348 e. The number of hydrogen-bond donors (Lipinski definition) is 2. The predicted octanol–water partition coefficient (Wildman–Crippen LogP) is 4.30. The molecule has 2 N–H and O–H groups in total. The van der Waals surface area contributed by atoms with Crippen LogP contribution in [0.25, 0.3) is 10.4 Å². The summed E-state index contributed by atoms with van der Waals surface area (Å²) in [6.07, 6.45) is 1.72. The Labute approximate surface area is 158 Å². The maximum atomic E-state index is 13.2. The van der Waals surface area contributed by atoms with Crippen molar-refractivity contribution < 1.29 is 9.18 Å². The highest BCUT2D eigenvalue weighted by Gasteiger charge is 2.38. The highest BCUT2D eigenvalue weighted by molar-refractivity contribution is 7.15. The lowest BCUT2D eigenvalue weighted by atomic mass is 9.79. The van der Waals surface area contributed by atoms with Crippen molar-refractivity contribution in [1.29, 1.82) is 0 Å². The zero-order valence-electron chi connectivity index (χ0n) is 15.9. The molecule has 2 aromatic rings. The molecule has 0 atom stereocenters. The van der Waals surface area contributed by atoms with E-state index in [1.165, 1.54) is 23.5 Å². The largest absolute Gasteiger partial charge is 0.348 e. The first-order valence-electron chi connectivity index (χ1n) is 8.88. The summed E-state index contributed by atoms with van der Waals surface area (Å²) in [5.41, 5.74) is 1.15. The molecule has 0 saturated carbocycles. The van der Waals surface area contributed by atoms with Gasteiger partial charge in [0.15, 0.2) is 0 Å². The van der Waals surface area contributed by atoms with E-state index in [1.807, 2.05) is 6.92 Å². The number of carbonyl (C=O) groups excluding carboxylic acids is 1. The summed E-state index contributed by atoms with van der Waals surface area (Å²) in [6, 6.07) is 6.27. The molecular formula is C20H26FN3OS. The number of piperidine rings is 1. The zero-order chi connectivity index (χ0) is 19.1. The Hall–Kier alpha value is -1.79. The van der Waals surface area contributed by atoms with Crippen molar-refractivity contribution in [3.8, 4) is 10.4 Å². The van der Waals surface area contributed by atoms with Gasteiger partial charge in [-0.3, -0.25) is 4.79 Å². The van der Waals surface area contributed by atoms with Crippen molar-refractivity contribution in [2.24, 2.45) is 0 Å².